The molecule has 2 unspecified atom stereocenters. The van der Waals surface area contributed by atoms with Crippen molar-refractivity contribution < 1.29 is 19.4 Å². The molecule has 1 aliphatic rings. The molecular weight excluding hydrogens is 248 g/mol. The molecule has 2 amide bonds. The van der Waals surface area contributed by atoms with Crippen LogP contribution in [0.15, 0.2) is 12.2 Å². The van der Waals surface area contributed by atoms with Crippen molar-refractivity contribution in [3.63, 3.8) is 0 Å². The van der Waals surface area contributed by atoms with Crippen molar-refractivity contribution in [2.75, 3.05) is 13.7 Å². The number of ether oxygens (including phenoxy) is 1. The Bertz CT molecular complexity index is 331. The Morgan fingerprint density at radius 2 is 2.26 bits per heavy atom. The predicted molar refractivity (Wildman–Crippen MR) is 71.0 cm³/mol. The smallest absolute Gasteiger partial charge is 0.326 e. The summed E-state index contributed by atoms with van der Waals surface area (Å²) >= 11 is 0. The van der Waals surface area contributed by atoms with E-state index in [1.807, 2.05) is 6.08 Å². The highest BCUT2D eigenvalue weighted by Gasteiger charge is 2.21. The van der Waals surface area contributed by atoms with Crippen LogP contribution < -0.4 is 10.6 Å². The fourth-order valence-corrected chi connectivity index (χ4v) is 2.00. The molecule has 6 heteroatoms. The molecule has 0 bridgehead atoms. The van der Waals surface area contributed by atoms with Crippen molar-refractivity contribution in [1.82, 2.24) is 10.6 Å². The first-order valence-electron chi connectivity index (χ1n) is 6.57. The topological polar surface area (TPSA) is 87.7 Å². The Morgan fingerprint density at radius 1 is 1.47 bits per heavy atom. The predicted octanol–water partition coefficient (Wildman–Crippen LogP) is 1.27. The van der Waals surface area contributed by atoms with Gasteiger partial charge in [0.15, 0.2) is 0 Å². The van der Waals surface area contributed by atoms with Gasteiger partial charge in [-0.15, -0.1) is 0 Å². The number of aliphatic carboxylic acids is 1. The number of nitrogens with one attached hydrogen (secondary N) is 2. The number of carboxylic acids is 1. The molecule has 1 aliphatic carbocycles. The quantitative estimate of drug-likeness (QED) is 0.480. The molecule has 0 spiro atoms. The first-order chi connectivity index (χ1) is 9.13. The molecule has 0 saturated carbocycles. The van der Waals surface area contributed by atoms with Gasteiger partial charge in [-0.3, -0.25) is 0 Å². The average molecular weight is 270 g/mol. The first-order valence-corrected chi connectivity index (χ1v) is 6.57. The van der Waals surface area contributed by atoms with Crippen LogP contribution in [-0.4, -0.2) is 42.9 Å². The number of carbonyl (C=O) groups excluding carboxylic acids is 1. The van der Waals surface area contributed by atoms with E-state index < -0.39 is 18.0 Å². The summed E-state index contributed by atoms with van der Waals surface area (Å²) in [6, 6.07) is -1.18. The monoisotopic (exact) mass is 270 g/mol. The maximum Gasteiger partial charge on any atom is 0.326 e. The van der Waals surface area contributed by atoms with Gasteiger partial charge < -0.3 is 20.5 Å². The Morgan fingerprint density at radius 3 is 2.84 bits per heavy atom. The molecule has 3 N–H and O–H groups in total. The van der Waals surface area contributed by atoms with Gasteiger partial charge in [0, 0.05) is 19.8 Å². The number of hydrogen-bond donors (Lipinski definition) is 3. The van der Waals surface area contributed by atoms with Crippen molar-refractivity contribution >= 4 is 12.0 Å². The molecule has 0 heterocycles. The number of allylic oxidation sites excluding steroid dienone is 1. The van der Waals surface area contributed by atoms with E-state index in [4.69, 9.17) is 9.84 Å². The van der Waals surface area contributed by atoms with Crippen molar-refractivity contribution in [3.05, 3.63) is 12.2 Å². The van der Waals surface area contributed by atoms with Gasteiger partial charge in [-0.25, -0.2) is 9.59 Å². The molecular formula is C13H22N2O4. The van der Waals surface area contributed by atoms with Crippen molar-refractivity contribution in [2.45, 2.75) is 44.2 Å². The Balaban J connectivity index is 2.33. The lowest BCUT2D eigenvalue weighted by Gasteiger charge is -2.21. The average Bonchev–Trinajstić information content (AvgIpc) is 2.38. The SMILES string of the molecule is COCCCC(NC(=O)NC1CC=CCC1)C(=O)O. The second-order valence-electron chi connectivity index (χ2n) is 4.63. The van der Waals surface area contributed by atoms with Gasteiger partial charge in [-0.2, -0.15) is 0 Å². The molecule has 0 fully saturated rings. The zero-order valence-corrected chi connectivity index (χ0v) is 11.2. The molecule has 6 nitrogen and oxygen atoms in total. The van der Waals surface area contributed by atoms with Gasteiger partial charge in [-0.05, 0) is 32.1 Å². The highest BCUT2D eigenvalue weighted by Crippen LogP contribution is 2.10. The van der Waals surface area contributed by atoms with Crippen LogP contribution in [0.3, 0.4) is 0 Å². The second kappa shape index (κ2) is 8.53. The van der Waals surface area contributed by atoms with Gasteiger partial charge >= 0.3 is 12.0 Å². The number of urea groups is 1. The van der Waals surface area contributed by atoms with Crippen LogP contribution in [0.5, 0.6) is 0 Å². The van der Waals surface area contributed by atoms with Crippen molar-refractivity contribution in [1.29, 1.82) is 0 Å². The number of carboxylic acid groups (broad SMARTS) is 1. The number of amides is 2. The summed E-state index contributed by atoms with van der Waals surface area (Å²) in [7, 11) is 1.56. The minimum absolute atomic E-state index is 0.0958. The standard InChI is InChI=1S/C13H22N2O4/c1-19-9-5-8-11(12(16)17)15-13(18)14-10-6-3-2-4-7-10/h2-3,10-11H,4-9H2,1H3,(H,16,17)(H2,14,15,18). The van der Waals surface area contributed by atoms with Crippen LogP contribution in [0, 0.1) is 0 Å². The fourth-order valence-electron chi connectivity index (χ4n) is 2.00. The van der Waals surface area contributed by atoms with E-state index in [9.17, 15) is 9.59 Å². The van der Waals surface area contributed by atoms with Gasteiger partial charge in [0.1, 0.15) is 6.04 Å². The summed E-state index contributed by atoms with van der Waals surface area (Å²) in [6.45, 7) is 0.487. The maximum atomic E-state index is 11.7. The molecule has 0 aromatic heterocycles. The van der Waals surface area contributed by atoms with Crippen LogP contribution in [0.25, 0.3) is 0 Å². The Labute approximate surface area is 113 Å². The van der Waals surface area contributed by atoms with E-state index in [0.717, 1.165) is 19.3 Å². The van der Waals surface area contributed by atoms with Crippen LogP contribution in [0.1, 0.15) is 32.1 Å². The van der Waals surface area contributed by atoms with E-state index in [0.29, 0.717) is 19.4 Å². The van der Waals surface area contributed by atoms with Crippen molar-refractivity contribution in [3.8, 4) is 0 Å². The fraction of sp³-hybridized carbons (Fsp3) is 0.692. The van der Waals surface area contributed by atoms with Crippen LogP contribution in [-0.2, 0) is 9.53 Å². The van der Waals surface area contributed by atoms with E-state index >= 15 is 0 Å². The van der Waals surface area contributed by atoms with E-state index in [2.05, 4.69) is 16.7 Å². The molecule has 0 saturated heterocycles. The summed E-state index contributed by atoms with van der Waals surface area (Å²) in [6.07, 6.45) is 7.71. The lowest BCUT2D eigenvalue weighted by Crippen LogP contribution is -2.49. The third kappa shape index (κ3) is 6.24. The molecule has 0 radical (unpaired) electrons. The first kappa shape index (κ1) is 15.5. The number of hydrogen-bond acceptors (Lipinski definition) is 3. The minimum atomic E-state index is -1.02. The lowest BCUT2D eigenvalue weighted by atomic mass is 10.0. The summed E-state index contributed by atoms with van der Waals surface area (Å²) < 4.78 is 4.87. The Hall–Kier alpha value is -1.56. The van der Waals surface area contributed by atoms with Crippen LogP contribution in [0.4, 0.5) is 4.79 Å². The number of methoxy groups -OCH3 is 1. The van der Waals surface area contributed by atoms with Gasteiger partial charge in [0.2, 0.25) is 0 Å². The van der Waals surface area contributed by atoms with Crippen LogP contribution >= 0.6 is 0 Å². The molecule has 1 rings (SSSR count). The second-order valence-corrected chi connectivity index (χ2v) is 4.63. The lowest BCUT2D eigenvalue weighted by molar-refractivity contribution is -0.139. The highest BCUT2D eigenvalue weighted by atomic mass is 16.5. The van der Waals surface area contributed by atoms with Crippen molar-refractivity contribution in [2.24, 2.45) is 0 Å². The molecule has 108 valence electrons. The molecule has 0 aromatic carbocycles. The normalized spacial score (nSPS) is 19.7. The number of carbonyl (C=O) groups is 2. The molecule has 0 aliphatic heterocycles. The maximum absolute atomic E-state index is 11.7. The zero-order valence-electron chi connectivity index (χ0n) is 11.2. The van der Waals surface area contributed by atoms with Gasteiger partial charge in [0.05, 0.1) is 0 Å². The van der Waals surface area contributed by atoms with Gasteiger partial charge in [0.25, 0.3) is 0 Å². The largest absolute Gasteiger partial charge is 0.480 e. The molecule has 0 aromatic rings. The summed E-state index contributed by atoms with van der Waals surface area (Å²) in [5.41, 5.74) is 0. The summed E-state index contributed by atoms with van der Waals surface area (Å²) in [5.74, 6) is -1.02. The highest BCUT2D eigenvalue weighted by molar-refractivity contribution is 5.82. The minimum Gasteiger partial charge on any atom is -0.480 e. The van der Waals surface area contributed by atoms with Crippen LogP contribution in [0.2, 0.25) is 0 Å². The summed E-state index contributed by atoms with van der Waals surface area (Å²) in [4.78, 5) is 22.7. The third-order valence-electron chi connectivity index (χ3n) is 3.05. The third-order valence-corrected chi connectivity index (χ3v) is 3.05. The number of rotatable bonds is 7. The van der Waals surface area contributed by atoms with E-state index in [1.165, 1.54) is 0 Å². The Kier molecular flexibility index (Phi) is 6.95. The summed E-state index contributed by atoms with van der Waals surface area (Å²) in [5, 5.41) is 14.3. The van der Waals surface area contributed by atoms with E-state index in [-0.39, 0.29) is 6.04 Å². The zero-order chi connectivity index (χ0) is 14.1. The molecule has 2 atom stereocenters. The van der Waals surface area contributed by atoms with E-state index in [1.54, 1.807) is 7.11 Å². The molecule has 19 heavy (non-hydrogen) atoms. The van der Waals surface area contributed by atoms with Gasteiger partial charge in [-0.1, -0.05) is 12.2 Å².